The Morgan fingerprint density at radius 2 is 1.80 bits per heavy atom. The first-order valence-electron chi connectivity index (χ1n) is 10.0. The average molecular weight is 412 g/mol. The minimum Gasteiger partial charge on any atom is -0.497 e. The fraction of sp³-hybridized carbons (Fsp3) is 0.455. The number of amides is 2. The number of nitrogens with one attached hydrogen (secondary N) is 1. The molecule has 0 aliphatic carbocycles. The number of methoxy groups -OCH3 is 2. The van der Waals surface area contributed by atoms with Crippen LogP contribution in [0.15, 0.2) is 24.3 Å². The molecule has 8 heteroatoms. The van der Waals surface area contributed by atoms with Crippen LogP contribution in [-0.2, 0) is 0 Å². The summed E-state index contributed by atoms with van der Waals surface area (Å²) in [5, 5.41) is 2.98. The first-order valence-corrected chi connectivity index (χ1v) is 10.0. The number of carbonyl (C=O) groups is 2. The molecule has 1 aliphatic rings. The number of piperidine rings is 1. The van der Waals surface area contributed by atoms with Crippen molar-refractivity contribution in [3.8, 4) is 11.5 Å². The molecule has 1 N–H and O–H groups in total. The standard InChI is InChI=1S/C22H28N4O4/c1-14-8-20(25-15(2)24-14)22(28)26-7-5-6-16(13-26)12-23-21(27)17-9-18(29-3)11-19(10-17)30-4/h8-11,16H,5-7,12-13H2,1-4H3,(H,23,27). The maximum Gasteiger partial charge on any atom is 0.272 e. The molecule has 8 nitrogen and oxygen atoms in total. The number of hydrogen-bond donors (Lipinski definition) is 1. The van der Waals surface area contributed by atoms with E-state index in [9.17, 15) is 9.59 Å². The molecular formula is C22H28N4O4. The summed E-state index contributed by atoms with van der Waals surface area (Å²) >= 11 is 0. The Labute approximate surface area is 176 Å². The van der Waals surface area contributed by atoms with Gasteiger partial charge in [-0.15, -0.1) is 0 Å². The van der Waals surface area contributed by atoms with E-state index >= 15 is 0 Å². The molecule has 1 atom stereocenters. The van der Waals surface area contributed by atoms with E-state index in [1.54, 1.807) is 45.4 Å². The van der Waals surface area contributed by atoms with Gasteiger partial charge in [-0.05, 0) is 50.8 Å². The molecule has 1 saturated heterocycles. The third kappa shape index (κ3) is 5.25. The molecule has 2 heterocycles. The van der Waals surface area contributed by atoms with Crippen LogP contribution < -0.4 is 14.8 Å². The predicted molar refractivity (Wildman–Crippen MR) is 112 cm³/mol. The number of hydrogen-bond acceptors (Lipinski definition) is 6. The van der Waals surface area contributed by atoms with Crippen molar-refractivity contribution in [3.63, 3.8) is 0 Å². The largest absolute Gasteiger partial charge is 0.497 e. The zero-order chi connectivity index (χ0) is 21.7. The van der Waals surface area contributed by atoms with Crippen LogP contribution in [0.4, 0.5) is 0 Å². The zero-order valence-electron chi connectivity index (χ0n) is 17.9. The molecule has 0 saturated carbocycles. The number of likely N-dealkylation sites (tertiary alicyclic amines) is 1. The first kappa shape index (κ1) is 21.5. The second-order valence-electron chi connectivity index (χ2n) is 7.51. The minimum absolute atomic E-state index is 0.0860. The molecule has 1 aromatic carbocycles. The van der Waals surface area contributed by atoms with Gasteiger partial charge < -0.3 is 19.7 Å². The topological polar surface area (TPSA) is 93.7 Å². The fourth-order valence-corrected chi connectivity index (χ4v) is 3.68. The summed E-state index contributed by atoms with van der Waals surface area (Å²) in [4.78, 5) is 35.8. The number of nitrogens with zero attached hydrogens (tertiary/aromatic N) is 3. The van der Waals surface area contributed by atoms with Gasteiger partial charge >= 0.3 is 0 Å². The Balaban J connectivity index is 1.61. The summed E-state index contributed by atoms with van der Waals surface area (Å²) in [7, 11) is 3.09. The van der Waals surface area contributed by atoms with Crippen LogP contribution in [-0.4, -0.2) is 60.5 Å². The molecule has 1 aliphatic heterocycles. The smallest absolute Gasteiger partial charge is 0.272 e. The molecule has 0 bridgehead atoms. The average Bonchev–Trinajstić information content (AvgIpc) is 2.76. The van der Waals surface area contributed by atoms with Gasteiger partial charge in [0, 0.05) is 37.0 Å². The summed E-state index contributed by atoms with van der Waals surface area (Å²) in [5.74, 6) is 1.61. The van der Waals surface area contributed by atoms with E-state index in [1.165, 1.54) is 0 Å². The molecule has 1 aromatic heterocycles. The number of rotatable bonds is 6. The molecule has 2 aromatic rings. The number of benzene rings is 1. The van der Waals surface area contributed by atoms with Crippen molar-refractivity contribution in [2.75, 3.05) is 33.9 Å². The Kier molecular flexibility index (Phi) is 6.87. The van der Waals surface area contributed by atoms with Crippen molar-refractivity contribution in [2.45, 2.75) is 26.7 Å². The van der Waals surface area contributed by atoms with Crippen LogP contribution in [0.25, 0.3) is 0 Å². The number of aromatic nitrogens is 2. The molecule has 30 heavy (non-hydrogen) atoms. The molecule has 0 spiro atoms. The second-order valence-corrected chi connectivity index (χ2v) is 7.51. The van der Waals surface area contributed by atoms with Crippen molar-refractivity contribution in [3.05, 3.63) is 47.0 Å². The molecule has 3 rings (SSSR count). The van der Waals surface area contributed by atoms with Crippen molar-refractivity contribution in [1.29, 1.82) is 0 Å². The highest BCUT2D eigenvalue weighted by Crippen LogP contribution is 2.23. The van der Waals surface area contributed by atoms with Gasteiger partial charge in [-0.25, -0.2) is 9.97 Å². The lowest BCUT2D eigenvalue weighted by atomic mass is 9.97. The summed E-state index contributed by atoms with van der Waals surface area (Å²) < 4.78 is 10.5. The molecular weight excluding hydrogens is 384 g/mol. The van der Waals surface area contributed by atoms with Crippen LogP contribution in [0.1, 0.15) is 45.2 Å². The third-order valence-corrected chi connectivity index (χ3v) is 5.16. The Bertz CT molecular complexity index is 889. The van der Waals surface area contributed by atoms with E-state index in [0.29, 0.717) is 48.2 Å². The van der Waals surface area contributed by atoms with Crippen LogP contribution in [0.5, 0.6) is 11.5 Å². The number of ether oxygens (including phenoxy) is 2. The summed E-state index contributed by atoms with van der Waals surface area (Å²) in [6, 6.07) is 6.79. The van der Waals surface area contributed by atoms with Gasteiger partial charge in [0.15, 0.2) is 0 Å². The maximum absolute atomic E-state index is 12.9. The quantitative estimate of drug-likeness (QED) is 0.783. The highest BCUT2D eigenvalue weighted by Gasteiger charge is 2.26. The van der Waals surface area contributed by atoms with Gasteiger partial charge in [0.1, 0.15) is 23.0 Å². The van der Waals surface area contributed by atoms with Gasteiger partial charge in [-0.1, -0.05) is 0 Å². The highest BCUT2D eigenvalue weighted by atomic mass is 16.5. The minimum atomic E-state index is -0.197. The maximum atomic E-state index is 12.9. The monoisotopic (exact) mass is 412 g/mol. The SMILES string of the molecule is COc1cc(OC)cc(C(=O)NCC2CCCN(C(=O)c3cc(C)nc(C)n3)C2)c1. The Morgan fingerprint density at radius 3 is 2.43 bits per heavy atom. The van der Waals surface area contributed by atoms with Crippen LogP contribution >= 0.6 is 0 Å². The first-order chi connectivity index (χ1) is 14.4. The summed E-state index contributed by atoms with van der Waals surface area (Å²) in [6.45, 7) is 5.41. The van der Waals surface area contributed by atoms with Crippen molar-refractivity contribution in [1.82, 2.24) is 20.2 Å². The van der Waals surface area contributed by atoms with Crippen molar-refractivity contribution < 1.29 is 19.1 Å². The van der Waals surface area contributed by atoms with E-state index < -0.39 is 0 Å². The summed E-state index contributed by atoms with van der Waals surface area (Å²) in [6.07, 6.45) is 1.84. The number of carbonyl (C=O) groups excluding carboxylic acids is 2. The number of aryl methyl sites for hydroxylation is 2. The van der Waals surface area contributed by atoms with Crippen LogP contribution in [0.3, 0.4) is 0 Å². The van der Waals surface area contributed by atoms with Gasteiger partial charge in [0.2, 0.25) is 0 Å². The summed E-state index contributed by atoms with van der Waals surface area (Å²) in [5.41, 5.74) is 1.68. The van der Waals surface area contributed by atoms with Gasteiger partial charge in [-0.3, -0.25) is 9.59 Å². The van der Waals surface area contributed by atoms with Crippen molar-refractivity contribution in [2.24, 2.45) is 5.92 Å². The lowest BCUT2D eigenvalue weighted by Gasteiger charge is -2.32. The Hall–Kier alpha value is -3.16. The molecule has 2 amide bonds. The van der Waals surface area contributed by atoms with Gasteiger partial charge in [0.25, 0.3) is 11.8 Å². The van der Waals surface area contributed by atoms with Crippen LogP contribution in [0.2, 0.25) is 0 Å². The molecule has 1 fully saturated rings. The van der Waals surface area contributed by atoms with E-state index in [0.717, 1.165) is 18.5 Å². The van der Waals surface area contributed by atoms with Gasteiger partial charge in [0.05, 0.1) is 14.2 Å². The molecule has 0 radical (unpaired) electrons. The van der Waals surface area contributed by atoms with Crippen LogP contribution in [0, 0.1) is 19.8 Å². The molecule has 160 valence electrons. The van der Waals surface area contributed by atoms with E-state index in [1.807, 2.05) is 11.8 Å². The highest BCUT2D eigenvalue weighted by molar-refractivity contribution is 5.95. The van der Waals surface area contributed by atoms with E-state index in [2.05, 4.69) is 15.3 Å². The lowest BCUT2D eigenvalue weighted by molar-refractivity contribution is 0.0664. The van der Waals surface area contributed by atoms with Gasteiger partial charge in [-0.2, -0.15) is 0 Å². The third-order valence-electron chi connectivity index (χ3n) is 5.16. The van der Waals surface area contributed by atoms with E-state index in [4.69, 9.17) is 9.47 Å². The second kappa shape index (κ2) is 9.56. The van der Waals surface area contributed by atoms with E-state index in [-0.39, 0.29) is 17.7 Å². The molecule has 1 unspecified atom stereocenters. The normalized spacial score (nSPS) is 16.1. The fourth-order valence-electron chi connectivity index (χ4n) is 3.68. The Morgan fingerprint density at radius 1 is 1.10 bits per heavy atom. The zero-order valence-corrected chi connectivity index (χ0v) is 17.9. The lowest BCUT2D eigenvalue weighted by Crippen LogP contribution is -2.44. The van der Waals surface area contributed by atoms with Crippen molar-refractivity contribution >= 4 is 11.8 Å². The predicted octanol–water partition coefficient (Wildman–Crippen LogP) is 2.39.